The van der Waals surface area contributed by atoms with Gasteiger partial charge in [0.2, 0.25) is 0 Å². The van der Waals surface area contributed by atoms with Crippen LogP contribution in [0.3, 0.4) is 0 Å². The normalized spacial score (nSPS) is 11.5. The number of hydrogen-bond donors (Lipinski definition) is 2. The van der Waals surface area contributed by atoms with E-state index in [9.17, 15) is 5.11 Å². The van der Waals surface area contributed by atoms with Crippen molar-refractivity contribution in [2.24, 2.45) is 5.16 Å². The van der Waals surface area contributed by atoms with Gasteiger partial charge in [0, 0.05) is 12.0 Å². The molecule has 2 aromatic rings. The Morgan fingerprint density at radius 3 is 2.44 bits per heavy atom. The first kappa shape index (κ1) is 12.2. The third kappa shape index (κ3) is 2.69. The van der Waals surface area contributed by atoms with Crippen molar-refractivity contribution in [2.75, 3.05) is 0 Å². The minimum atomic E-state index is 0.138. The molecule has 0 saturated carbocycles. The van der Waals surface area contributed by atoms with Crippen LogP contribution in [0, 0.1) is 6.92 Å². The molecule has 0 aromatic heterocycles. The third-order valence-corrected chi connectivity index (χ3v) is 2.80. The molecule has 92 valence electrons. The Morgan fingerprint density at radius 2 is 1.83 bits per heavy atom. The Balaban J connectivity index is 2.30. The van der Waals surface area contributed by atoms with Gasteiger partial charge in [0.05, 0.1) is 5.71 Å². The zero-order valence-corrected chi connectivity index (χ0v) is 10.2. The van der Waals surface area contributed by atoms with Crippen molar-refractivity contribution in [2.45, 2.75) is 13.3 Å². The van der Waals surface area contributed by atoms with Gasteiger partial charge in [0.25, 0.3) is 0 Å². The molecule has 0 amide bonds. The number of nitrogens with zero attached hydrogens (tertiary/aromatic N) is 1. The second kappa shape index (κ2) is 5.36. The van der Waals surface area contributed by atoms with Crippen LogP contribution in [0.2, 0.25) is 0 Å². The molecule has 0 saturated heterocycles. The molecule has 0 fully saturated rings. The number of phenolic OH excluding ortho intramolecular Hbond substituents is 1. The van der Waals surface area contributed by atoms with Crippen LogP contribution >= 0.6 is 0 Å². The summed E-state index contributed by atoms with van der Waals surface area (Å²) in [6.07, 6.45) is 0.480. The molecule has 0 unspecified atom stereocenters. The topological polar surface area (TPSA) is 52.8 Å². The van der Waals surface area contributed by atoms with E-state index in [1.165, 1.54) is 0 Å². The standard InChI is InChI=1S/C15H15NO2/c1-11-7-8-13(15(17)9-11)14(16-18)10-12-5-3-2-4-6-12/h2-9,17-18H,10H2,1H3/b16-14-. The van der Waals surface area contributed by atoms with Crippen molar-refractivity contribution >= 4 is 5.71 Å². The Morgan fingerprint density at radius 1 is 1.11 bits per heavy atom. The highest BCUT2D eigenvalue weighted by Crippen LogP contribution is 2.21. The maximum absolute atomic E-state index is 9.88. The van der Waals surface area contributed by atoms with Crippen LogP contribution in [-0.4, -0.2) is 16.0 Å². The molecule has 0 aliphatic carbocycles. The number of aryl methyl sites for hydroxylation is 1. The van der Waals surface area contributed by atoms with Crippen LogP contribution < -0.4 is 0 Å². The van der Waals surface area contributed by atoms with Gasteiger partial charge < -0.3 is 10.3 Å². The van der Waals surface area contributed by atoms with Crippen molar-refractivity contribution in [3.8, 4) is 5.75 Å². The van der Waals surface area contributed by atoms with E-state index in [1.807, 2.05) is 43.3 Å². The van der Waals surface area contributed by atoms with E-state index in [4.69, 9.17) is 5.21 Å². The molecule has 0 radical (unpaired) electrons. The SMILES string of the molecule is Cc1ccc(/C(Cc2ccccc2)=N\O)c(O)c1. The van der Waals surface area contributed by atoms with Gasteiger partial charge in [-0.15, -0.1) is 0 Å². The molecule has 0 spiro atoms. The molecule has 2 N–H and O–H groups in total. The molecule has 0 aliphatic rings. The lowest BCUT2D eigenvalue weighted by molar-refractivity contribution is 0.318. The summed E-state index contributed by atoms with van der Waals surface area (Å²) in [6.45, 7) is 1.90. The fourth-order valence-electron chi connectivity index (χ4n) is 1.86. The Labute approximate surface area is 106 Å². The Hall–Kier alpha value is -2.29. The fraction of sp³-hybridized carbons (Fsp3) is 0.133. The van der Waals surface area contributed by atoms with Crippen LogP contribution in [-0.2, 0) is 6.42 Å². The number of benzene rings is 2. The van der Waals surface area contributed by atoms with E-state index in [0.29, 0.717) is 17.7 Å². The van der Waals surface area contributed by atoms with E-state index in [1.54, 1.807) is 12.1 Å². The van der Waals surface area contributed by atoms with E-state index >= 15 is 0 Å². The largest absolute Gasteiger partial charge is 0.507 e. The highest BCUT2D eigenvalue weighted by Gasteiger charge is 2.10. The molecule has 0 bridgehead atoms. The van der Waals surface area contributed by atoms with Gasteiger partial charge in [0.15, 0.2) is 0 Å². The third-order valence-electron chi connectivity index (χ3n) is 2.80. The minimum Gasteiger partial charge on any atom is -0.507 e. The lowest BCUT2D eigenvalue weighted by Gasteiger charge is -2.08. The minimum absolute atomic E-state index is 0.138. The second-order valence-electron chi connectivity index (χ2n) is 4.23. The monoisotopic (exact) mass is 241 g/mol. The van der Waals surface area contributed by atoms with Crippen molar-refractivity contribution < 1.29 is 10.3 Å². The number of oxime groups is 1. The average molecular weight is 241 g/mol. The summed E-state index contributed by atoms with van der Waals surface area (Å²) in [6, 6.07) is 15.0. The van der Waals surface area contributed by atoms with Gasteiger partial charge >= 0.3 is 0 Å². The predicted molar refractivity (Wildman–Crippen MR) is 71.3 cm³/mol. The van der Waals surface area contributed by atoms with Crippen LogP contribution in [0.15, 0.2) is 53.7 Å². The molecule has 3 nitrogen and oxygen atoms in total. The second-order valence-corrected chi connectivity index (χ2v) is 4.23. The zero-order chi connectivity index (χ0) is 13.0. The van der Waals surface area contributed by atoms with E-state index in [0.717, 1.165) is 11.1 Å². The number of rotatable bonds is 3. The van der Waals surface area contributed by atoms with E-state index < -0.39 is 0 Å². The first-order valence-corrected chi connectivity index (χ1v) is 5.75. The van der Waals surface area contributed by atoms with Crippen LogP contribution in [0.4, 0.5) is 0 Å². The number of aromatic hydroxyl groups is 1. The Kier molecular flexibility index (Phi) is 3.63. The quantitative estimate of drug-likeness (QED) is 0.493. The molecule has 2 rings (SSSR count). The highest BCUT2D eigenvalue weighted by atomic mass is 16.4. The number of hydrogen-bond acceptors (Lipinski definition) is 3. The molecule has 0 atom stereocenters. The smallest absolute Gasteiger partial charge is 0.125 e. The summed E-state index contributed by atoms with van der Waals surface area (Å²) in [5.74, 6) is 0.138. The van der Waals surface area contributed by atoms with Crippen LogP contribution in [0.25, 0.3) is 0 Å². The van der Waals surface area contributed by atoms with Crippen molar-refractivity contribution in [3.63, 3.8) is 0 Å². The van der Waals surface area contributed by atoms with Crippen molar-refractivity contribution in [1.29, 1.82) is 0 Å². The van der Waals surface area contributed by atoms with Gasteiger partial charge in [0.1, 0.15) is 5.75 Å². The molecule has 0 aliphatic heterocycles. The average Bonchev–Trinajstić information content (AvgIpc) is 2.38. The zero-order valence-electron chi connectivity index (χ0n) is 10.2. The van der Waals surface area contributed by atoms with E-state index in [2.05, 4.69) is 5.16 Å². The predicted octanol–water partition coefficient (Wildman–Crippen LogP) is 3.12. The van der Waals surface area contributed by atoms with Gasteiger partial charge in [-0.25, -0.2) is 0 Å². The molecule has 0 heterocycles. The summed E-state index contributed by atoms with van der Waals surface area (Å²) in [5, 5.41) is 22.3. The van der Waals surface area contributed by atoms with E-state index in [-0.39, 0.29) is 5.75 Å². The lowest BCUT2D eigenvalue weighted by atomic mass is 10.0. The molecule has 18 heavy (non-hydrogen) atoms. The van der Waals surface area contributed by atoms with Gasteiger partial charge in [-0.2, -0.15) is 0 Å². The summed E-state index contributed by atoms with van der Waals surface area (Å²) in [4.78, 5) is 0. The van der Waals surface area contributed by atoms with Crippen molar-refractivity contribution in [3.05, 3.63) is 65.2 Å². The first-order valence-electron chi connectivity index (χ1n) is 5.75. The molecule has 2 aromatic carbocycles. The maximum Gasteiger partial charge on any atom is 0.125 e. The van der Waals surface area contributed by atoms with Crippen LogP contribution in [0.5, 0.6) is 5.75 Å². The summed E-state index contributed by atoms with van der Waals surface area (Å²) in [7, 11) is 0. The first-order chi connectivity index (χ1) is 8.70. The Bertz CT molecular complexity index is 562. The number of phenols is 1. The summed E-state index contributed by atoms with van der Waals surface area (Å²) < 4.78 is 0. The molecule has 3 heteroatoms. The molecular formula is C15H15NO2. The van der Waals surface area contributed by atoms with Crippen molar-refractivity contribution in [1.82, 2.24) is 0 Å². The van der Waals surface area contributed by atoms with Gasteiger partial charge in [-0.05, 0) is 30.2 Å². The highest BCUT2D eigenvalue weighted by molar-refractivity contribution is 6.03. The molecular weight excluding hydrogens is 226 g/mol. The van der Waals surface area contributed by atoms with Gasteiger partial charge in [-0.3, -0.25) is 0 Å². The van der Waals surface area contributed by atoms with Crippen LogP contribution in [0.1, 0.15) is 16.7 Å². The summed E-state index contributed by atoms with van der Waals surface area (Å²) >= 11 is 0. The fourth-order valence-corrected chi connectivity index (χ4v) is 1.86. The van der Waals surface area contributed by atoms with Gasteiger partial charge in [-0.1, -0.05) is 41.6 Å². The maximum atomic E-state index is 9.88. The lowest BCUT2D eigenvalue weighted by Crippen LogP contribution is -2.06. The summed E-state index contributed by atoms with van der Waals surface area (Å²) in [5.41, 5.74) is 3.02.